The summed E-state index contributed by atoms with van der Waals surface area (Å²) in [5, 5.41) is 7.87. The Balaban J connectivity index is 3.00. The lowest BCUT2D eigenvalue weighted by Crippen LogP contribution is -2.49. The smallest absolute Gasteiger partial charge is 0.277 e. The van der Waals surface area contributed by atoms with E-state index in [0.29, 0.717) is 0 Å². The van der Waals surface area contributed by atoms with Gasteiger partial charge in [-0.05, 0) is 0 Å². The van der Waals surface area contributed by atoms with E-state index in [1.54, 1.807) is 0 Å². The van der Waals surface area contributed by atoms with Crippen molar-refractivity contribution in [2.45, 2.75) is 0 Å². The summed E-state index contributed by atoms with van der Waals surface area (Å²) in [7, 11) is 0. The number of nitrogens with zero attached hydrogens (tertiary/aromatic N) is 2. The first kappa shape index (κ1) is 6.29. The first-order valence-electron chi connectivity index (χ1n) is 2.28. The Morgan fingerprint density at radius 2 is 1.60 bits per heavy atom. The van der Waals surface area contributed by atoms with Crippen molar-refractivity contribution in [2.75, 3.05) is 0 Å². The van der Waals surface area contributed by atoms with Gasteiger partial charge in [-0.25, -0.2) is 0 Å². The van der Waals surface area contributed by atoms with Crippen LogP contribution in [0.5, 0.6) is 0 Å². The van der Waals surface area contributed by atoms with Crippen molar-refractivity contribution in [3.63, 3.8) is 0 Å². The summed E-state index contributed by atoms with van der Waals surface area (Å²) in [5.74, 6) is -3.02. The normalized spacial score (nSPS) is 16.3. The molecule has 0 N–H and O–H groups in total. The molecule has 0 atom stereocenters. The first-order chi connectivity index (χ1) is 4.68. The van der Waals surface area contributed by atoms with Gasteiger partial charge in [-0.3, -0.25) is 14.4 Å². The zero-order chi connectivity index (χ0) is 7.72. The van der Waals surface area contributed by atoms with Gasteiger partial charge >= 0.3 is 0 Å². The van der Waals surface area contributed by atoms with E-state index in [4.69, 9.17) is 5.26 Å². The number of Topliss-reactive ketones (excluding diaryl/α,β-unsaturated/α-hetero) is 3. The molecule has 5 nitrogen and oxygen atoms in total. The van der Waals surface area contributed by atoms with Gasteiger partial charge in [0, 0.05) is 0 Å². The standard InChI is InChI=1S/C5N2O3/c6-1-7-2-3(8)5(10)4(2)9. The van der Waals surface area contributed by atoms with E-state index in [9.17, 15) is 14.4 Å². The molecule has 48 valence electrons. The Kier molecular flexibility index (Phi) is 1.16. The van der Waals surface area contributed by atoms with Crippen LogP contribution >= 0.6 is 0 Å². The Hall–Kier alpha value is -1.83. The van der Waals surface area contributed by atoms with Crippen LogP contribution in [0, 0.1) is 11.5 Å². The van der Waals surface area contributed by atoms with Crippen molar-refractivity contribution in [1.29, 1.82) is 5.26 Å². The van der Waals surface area contributed by atoms with E-state index < -0.39 is 23.1 Å². The summed E-state index contributed by atoms with van der Waals surface area (Å²) < 4.78 is 0. The minimum absolute atomic E-state index is 0.549. The van der Waals surface area contributed by atoms with Crippen LogP contribution in [0.2, 0.25) is 0 Å². The third-order valence-electron chi connectivity index (χ3n) is 1.00. The monoisotopic (exact) mass is 136 g/mol. The molecule has 0 aromatic heterocycles. The average Bonchev–Trinajstić information content (AvgIpc) is 1.98. The molecule has 10 heavy (non-hydrogen) atoms. The molecule has 0 aromatic rings. The largest absolute Gasteiger partial charge is 0.283 e. The molecule has 5 heteroatoms. The molecule has 0 bridgehead atoms. The molecule has 0 heterocycles. The van der Waals surface area contributed by atoms with Crippen molar-refractivity contribution >= 4 is 23.1 Å². The van der Waals surface area contributed by atoms with Crippen LogP contribution in [-0.4, -0.2) is 23.1 Å². The van der Waals surface area contributed by atoms with Crippen molar-refractivity contribution in [3.05, 3.63) is 0 Å². The highest BCUT2D eigenvalue weighted by Gasteiger charge is 2.44. The van der Waals surface area contributed by atoms with Gasteiger partial charge in [-0.15, -0.1) is 0 Å². The van der Waals surface area contributed by atoms with Gasteiger partial charge < -0.3 is 0 Å². The van der Waals surface area contributed by atoms with E-state index in [1.807, 2.05) is 0 Å². The summed E-state index contributed by atoms with van der Waals surface area (Å²) in [6.45, 7) is 0. The van der Waals surface area contributed by atoms with Gasteiger partial charge in [0.15, 0.2) is 5.71 Å². The molecule has 0 saturated heterocycles. The topological polar surface area (TPSA) is 87.4 Å². The van der Waals surface area contributed by atoms with Crippen molar-refractivity contribution < 1.29 is 14.4 Å². The number of carbonyl (C=O) groups excluding carboxylic acids is 3. The minimum Gasteiger partial charge on any atom is -0.283 e. The van der Waals surface area contributed by atoms with Crippen LogP contribution in [0.25, 0.3) is 0 Å². The van der Waals surface area contributed by atoms with Crippen LogP contribution in [0.3, 0.4) is 0 Å². The number of nitriles is 1. The number of hydrogen-bond acceptors (Lipinski definition) is 5. The summed E-state index contributed by atoms with van der Waals surface area (Å²) in [4.78, 5) is 33.6. The van der Waals surface area contributed by atoms with Gasteiger partial charge in [-0.1, -0.05) is 0 Å². The molecule has 1 aliphatic carbocycles. The summed E-state index contributed by atoms with van der Waals surface area (Å²) in [5.41, 5.74) is -0.549. The molecule has 0 aliphatic heterocycles. The lowest BCUT2D eigenvalue weighted by molar-refractivity contribution is -0.143. The molecule has 0 radical (unpaired) electrons. The van der Waals surface area contributed by atoms with E-state index in [1.165, 1.54) is 6.19 Å². The van der Waals surface area contributed by atoms with Gasteiger partial charge in [0.2, 0.25) is 6.19 Å². The Morgan fingerprint density at radius 3 is 2.00 bits per heavy atom. The number of rotatable bonds is 0. The summed E-state index contributed by atoms with van der Waals surface area (Å²) >= 11 is 0. The first-order valence-corrected chi connectivity index (χ1v) is 2.28. The van der Waals surface area contributed by atoms with E-state index >= 15 is 0 Å². The molecule has 1 rings (SSSR count). The minimum atomic E-state index is -1.09. The molecular formula is C5N2O3. The lowest BCUT2D eigenvalue weighted by atomic mass is 9.92. The molecule has 0 amide bonds. The average molecular weight is 136 g/mol. The quantitative estimate of drug-likeness (QED) is 0.303. The van der Waals surface area contributed by atoms with Crippen LogP contribution in [0.4, 0.5) is 0 Å². The van der Waals surface area contributed by atoms with Crippen LogP contribution < -0.4 is 0 Å². The fourth-order valence-electron chi connectivity index (χ4n) is 0.510. The third kappa shape index (κ3) is 0.559. The summed E-state index contributed by atoms with van der Waals surface area (Å²) in [6, 6.07) is 0. The maximum absolute atomic E-state index is 10.3. The SMILES string of the molecule is N#CN=C1C(=O)C(=O)C1=O. The molecule has 1 fully saturated rings. The van der Waals surface area contributed by atoms with Crippen molar-refractivity contribution in [3.8, 4) is 6.19 Å². The number of carbonyl (C=O) groups is 3. The Bertz CT molecular complexity index is 287. The van der Waals surface area contributed by atoms with Crippen LogP contribution in [-0.2, 0) is 14.4 Å². The highest BCUT2D eigenvalue weighted by molar-refractivity contribution is 7.09. The molecule has 1 aliphatic rings. The van der Waals surface area contributed by atoms with Crippen LogP contribution in [0.1, 0.15) is 0 Å². The lowest BCUT2D eigenvalue weighted by Gasteiger charge is -2.06. The molecule has 0 aromatic carbocycles. The molecule has 0 spiro atoms. The maximum atomic E-state index is 10.3. The highest BCUT2D eigenvalue weighted by atomic mass is 16.2. The van der Waals surface area contributed by atoms with Gasteiger partial charge in [0.25, 0.3) is 17.3 Å². The van der Waals surface area contributed by atoms with Gasteiger partial charge in [0.05, 0.1) is 0 Å². The van der Waals surface area contributed by atoms with E-state index in [-0.39, 0.29) is 0 Å². The van der Waals surface area contributed by atoms with E-state index in [2.05, 4.69) is 4.99 Å². The van der Waals surface area contributed by atoms with Crippen molar-refractivity contribution in [2.24, 2.45) is 4.99 Å². The molecule has 1 saturated carbocycles. The Labute approximate surface area is 55.0 Å². The predicted octanol–water partition coefficient (Wildman–Crippen LogP) is -1.37. The fraction of sp³-hybridized carbons (Fsp3) is 0. The highest BCUT2D eigenvalue weighted by Crippen LogP contribution is 2.00. The number of hydrogen-bond donors (Lipinski definition) is 0. The van der Waals surface area contributed by atoms with Gasteiger partial charge in [-0.2, -0.15) is 10.3 Å². The summed E-state index contributed by atoms with van der Waals surface area (Å²) in [6.07, 6.45) is 1.25. The van der Waals surface area contributed by atoms with Crippen LogP contribution in [0.15, 0.2) is 4.99 Å². The zero-order valence-electron chi connectivity index (χ0n) is 4.62. The predicted molar refractivity (Wildman–Crippen MR) is 28.1 cm³/mol. The maximum Gasteiger partial charge on any atom is 0.277 e. The Morgan fingerprint density at radius 1 is 1.10 bits per heavy atom. The number of aliphatic imine (C=N–C) groups is 1. The van der Waals surface area contributed by atoms with Gasteiger partial charge in [0.1, 0.15) is 0 Å². The molecular weight excluding hydrogens is 136 g/mol. The second kappa shape index (κ2) is 1.84. The second-order valence-corrected chi connectivity index (χ2v) is 1.55. The third-order valence-corrected chi connectivity index (χ3v) is 1.00. The number of ketones is 3. The zero-order valence-corrected chi connectivity index (χ0v) is 4.62. The van der Waals surface area contributed by atoms with Crippen molar-refractivity contribution in [1.82, 2.24) is 0 Å². The molecule has 0 unspecified atom stereocenters. The second-order valence-electron chi connectivity index (χ2n) is 1.55. The van der Waals surface area contributed by atoms with E-state index in [0.717, 1.165) is 0 Å². The fourth-order valence-corrected chi connectivity index (χ4v) is 0.510.